The molecule has 1 aliphatic carbocycles. The van der Waals surface area contributed by atoms with Crippen molar-refractivity contribution in [3.05, 3.63) is 63.3 Å². The zero-order chi connectivity index (χ0) is 21.2. The number of anilines is 1. The maximum Gasteiger partial charge on any atom is 0.259 e. The van der Waals surface area contributed by atoms with Crippen LogP contribution in [0.4, 0.5) is 5.82 Å². The number of nitrogens with one attached hydrogen (secondary N) is 2. The van der Waals surface area contributed by atoms with Crippen molar-refractivity contribution in [2.45, 2.75) is 31.4 Å². The summed E-state index contributed by atoms with van der Waals surface area (Å²) in [6.45, 7) is 0. The number of amides is 1. The van der Waals surface area contributed by atoms with E-state index >= 15 is 0 Å². The van der Waals surface area contributed by atoms with Gasteiger partial charge in [-0.1, -0.05) is 6.07 Å². The molecule has 1 aliphatic rings. The number of aromatic amines is 1. The lowest BCUT2D eigenvalue weighted by atomic mass is 10.2. The van der Waals surface area contributed by atoms with Crippen molar-refractivity contribution >= 4 is 45.0 Å². The first-order chi connectivity index (χ1) is 15.2. The lowest BCUT2D eigenvalue weighted by Gasteiger charge is -2.03. The quantitative estimate of drug-likeness (QED) is 0.417. The van der Waals surface area contributed by atoms with Crippen LogP contribution < -0.4 is 10.9 Å². The molecule has 1 amide bonds. The van der Waals surface area contributed by atoms with Crippen molar-refractivity contribution in [1.82, 2.24) is 24.7 Å². The second-order valence-electron chi connectivity index (χ2n) is 7.23. The van der Waals surface area contributed by atoms with Gasteiger partial charge in [0, 0.05) is 35.5 Å². The third-order valence-corrected chi connectivity index (χ3v) is 7.23. The van der Waals surface area contributed by atoms with Gasteiger partial charge >= 0.3 is 0 Å². The summed E-state index contributed by atoms with van der Waals surface area (Å²) >= 11 is 3.21. The van der Waals surface area contributed by atoms with Gasteiger partial charge in [-0.15, -0.1) is 16.4 Å². The van der Waals surface area contributed by atoms with Crippen LogP contribution in [0.1, 0.15) is 29.1 Å². The number of carbonyl (C=O) groups is 1. The number of carbonyl (C=O) groups excluding carboxylic acids is 1. The fraction of sp³-hybridized carbons (Fsp3) is 0.286. The molecule has 0 saturated heterocycles. The van der Waals surface area contributed by atoms with Crippen molar-refractivity contribution in [3.8, 4) is 5.82 Å². The number of pyridine rings is 1. The number of H-pyrrole nitrogens is 1. The van der Waals surface area contributed by atoms with Crippen LogP contribution in [0.25, 0.3) is 16.0 Å². The van der Waals surface area contributed by atoms with Gasteiger partial charge in [-0.2, -0.15) is 11.8 Å². The van der Waals surface area contributed by atoms with Gasteiger partial charge in [0.05, 0.1) is 11.1 Å². The van der Waals surface area contributed by atoms with Gasteiger partial charge < -0.3 is 10.3 Å². The second-order valence-corrected chi connectivity index (χ2v) is 9.42. The molecule has 0 spiro atoms. The highest BCUT2D eigenvalue weighted by Crippen LogP contribution is 2.34. The van der Waals surface area contributed by atoms with Crippen LogP contribution in [-0.4, -0.2) is 36.4 Å². The number of nitrogens with zero attached hydrogens (tertiary/aromatic N) is 4. The first-order valence-corrected chi connectivity index (χ1v) is 12.0. The molecule has 4 aromatic heterocycles. The number of rotatable bonds is 7. The molecule has 0 atom stereocenters. The summed E-state index contributed by atoms with van der Waals surface area (Å²) in [4.78, 5) is 38.6. The van der Waals surface area contributed by atoms with Gasteiger partial charge in [0.2, 0.25) is 5.91 Å². The summed E-state index contributed by atoms with van der Waals surface area (Å²) in [6.07, 6.45) is 6.95. The van der Waals surface area contributed by atoms with Gasteiger partial charge in [0.1, 0.15) is 10.7 Å². The third kappa shape index (κ3) is 4.26. The van der Waals surface area contributed by atoms with E-state index in [4.69, 9.17) is 0 Å². The maximum absolute atomic E-state index is 12.5. The Morgan fingerprint density at radius 1 is 1.29 bits per heavy atom. The zero-order valence-electron chi connectivity index (χ0n) is 16.6. The van der Waals surface area contributed by atoms with Crippen LogP contribution in [0.2, 0.25) is 0 Å². The Labute approximate surface area is 186 Å². The Kier molecular flexibility index (Phi) is 5.56. The molecule has 0 aromatic carbocycles. The Morgan fingerprint density at radius 2 is 2.23 bits per heavy atom. The normalized spacial score (nSPS) is 12.9. The van der Waals surface area contributed by atoms with E-state index in [-0.39, 0.29) is 11.5 Å². The second kappa shape index (κ2) is 8.64. The minimum atomic E-state index is -0.106. The molecule has 10 heteroatoms. The van der Waals surface area contributed by atoms with E-state index in [0.29, 0.717) is 35.4 Å². The minimum absolute atomic E-state index is 0.0405. The summed E-state index contributed by atoms with van der Waals surface area (Å²) in [7, 11) is 0. The molecule has 158 valence electrons. The van der Waals surface area contributed by atoms with Crippen LogP contribution in [0, 0.1) is 0 Å². The molecular weight excluding hydrogens is 432 g/mol. The van der Waals surface area contributed by atoms with E-state index < -0.39 is 0 Å². The van der Waals surface area contributed by atoms with Crippen molar-refractivity contribution in [1.29, 1.82) is 0 Å². The summed E-state index contributed by atoms with van der Waals surface area (Å²) in [5.41, 5.74) is 1.15. The highest BCUT2D eigenvalue weighted by molar-refractivity contribution is 7.98. The predicted octanol–water partition coefficient (Wildman–Crippen LogP) is 3.32. The fourth-order valence-corrected chi connectivity index (χ4v) is 5.75. The smallest absolute Gasteiger partial charge is 0.259 e. The van der Waals surface area contributed by atoms with E-state index in [1.54, 1.807) is 46.2 Å². The number of fused-ring (bicyclic) bond motifs is 3. The Morgan fingerprint density at radius 3 is 3.10 bits per heavy atom. The van der Waals surface area contributed by atoms with E-state index in [2.05, 4.69) is 25.4 Å². The van der Waals surface area contributed by atoms with Crippen molar-refractivity contribution in [2.75, 3.05) is 11.1 Å². The molecule has 0 saturated carbocycles. The summed E-state index contributed by atoms with van der Waals surface area (Å²) < 4.78 is 1.61. The highest BCUT2D eigenvalue weighted by atomic mass is 32.2. The SMILES string of the molecule is O=C(CCSCc1nc2sc3c(c2c(=O)[nH]1)CCC3)Nc1ccn(-c2ccccn2)n1. The van der Waals surface area contributed by atoms with E-state index in [1.165, 1.54) is 10.4 Å². The molecule has 4 heterocycles. The van der Waals surface area contributed by atoms with Crippen LogP contribution in [0.15, 0.2) is 41.5 Å². The summed E-state index contributed by atoms with van der Waals surface area (Å²) in [5.74, 6) is 2.92. The maximum atomic E-state index is 12.5. The number of aryl methyl sites for hydroxylation is 2. The van der Waals surface area contributed by atoms with Gasteiger partial charge in [-0.25, -0.2) is 14.6 Å². The Bertz CT molecular complexity index is 1290. The van der Waals surface area contributed by atoms with Gasteiger partial charge in [0.15, 0.2) is 11.6 Å². The zero-order valence-corrected chi connectivity index (χ0v) is 18.3. The molecule has 0 aliphatic heterocycles. The number of thiophene rings is 1. The Hall–Kier alpha value is -2.98. The molecule has 31 heavy (non-hydrogen) atoms. The van der Waals surface area contributed by atoms with Crippen LogP contribution in [0.3, 0.4) is 0 Å². The molecule has 2 N–H and O–H groups in total. The Balaban J connectivity index is 1.13. The molecule has 0 fully saturated rings. The van der Waals surface area contributed by atoms with Gasteiger partial charge in [-0.3, -0.25) is 9.59 Å². The molecule has 5 rings (SSSR count). The average molecular weight is 453 g/mol. The van der Waals surface area contributed by atoms with Crippen molar-refractivity contribution in [2.24, 2.45) is 0 Å². The minimum Gasteiger partial charge on any atom is -0.309 e. The molecule has 4 aromatic rings. The summed E-state index contributed by atoms with van der Waals surface area (Å²) in [6, 6.07) is 7.30. The monoisotopic (exact) mass is 452 g/mol. The van der Waals surface area contributed by atoms with Crippen molar-refractivity contribution < 1.29 is 4.79 Å². The number of hydrogen-bond donors (Lipinski definition) is 2. The van der Waals surface area contributed by atoms with Gasteiger partial charge in [0.25, 0.3) is 5.56 Å². The number of thioether (sulfide) groups is 1. The molecule has 0 radical (unpaired) electrons. The third-order valence-electron chi connectivity index (χ3n) is 5.08. The lowest BCUT2D eigenvalue weighted by Crippen LogP contribution is -2.14. The van der Waals surface area contributed by atoms with Crippen LogP contribution in [0.5, 0.6) is 0 Å². The first-order valence-electron chi connectivity index (χ1n) is 10.1. The molecule has 8 nitrogen and oxygen atoms in total. The number of aromatic nitrogens is 5. The van der Waals surface area contributed by atoms with Crippen LogP contribution >= 0.6 is 23.1 Å². The summed E-state index contributed by atoms with van der Waals surface area (Å²) in [5, 5.41) is 7.90. The first kappa shape index (κ1) is 20.0. The largest absolute Gasteiger partial charge is 0.309 e. The topological polar surface area (TPSA) is 106 Å². The van der Waals surface area contributed by atoms with Crippen LogP contribution in [-0.2, 0) is 23.4 Å². The average Bonchev–Trinajstić information content (AvgIpc) is 3.48. The van der Waals surface area contributed by atoms with E-state index in [9.17, 15) is 9.59 Å². The molecular formula is C21H20N6O2S2. The highest BCUT2D eigenvalue weighted by Gasteiger charge is 2.21. The fourth-order valence-electron chi connectivity index (χ4n) is 3.66. The predicted molar refractivity (Wildman–Crippen MR) is 123 cm³/mol. The lowest BCUT2D eigenvalue weighted by molar-refractivity contribution is -0.115. The molecule has 0 unspecified atom stereocenters. The van der Waals surface area contributed by atoms with E-state index in [0.717, 1.165) is 29.5 Å². The standard InChI is InChI=1S/C21H20N6O2S2/c28-18(23-15-7-10-27(26-15)17-6-1-2-9-22-17)8-11-30-12-16-24-20(29)19-13-4-3-5-14(13)31-21(19)25-16/h1-2,6-7,9-10H,3-5,8,11-12H2,(H,23,26,28)(H,24,25,29). The number of hydrogen-bond acceptors (Lipinski definition) is 7. The van der Waals surface area contributed by atoms with Crippen molar-refractivity contribution in [3.63, 3.8) is 0 Å². The van der Waals surface area contributed by atoms with Gasteiger partial charge in [-0.05, 0) is 37.0 Å². The van der Waals surface area contributed by atoms with E-state index in [1.807, 2.05) is 18.2 Å². The molecule has 0 bridgehead atoms.